The first-order valence-electron chi connectivity index (χ1n) is 7.71. The molecule has 0 aliphatic carbocycles. The minimum Gasteiger partial charge on any atom is -0.444 e. The summed E-state index contributed by atoms with van der Waals surface area (Å²) in [5.41, 5.74) is -0.683. The highest BCUT2D eigenvalue weighted by Crippen LogP contribution is 2.17. The second kappa shape index (κ2) is 7.02. The quantitative estimate of drug-likeness (QED) is 0.868. The molecule has 1 heterocycles. The van der Waals surface area contributed by atoms with E-state index in [0.717, 1.165) is 0 Å². The van der Waals surface area contributed by atoms with Crippen molar-refractivity contribution in [1.29, 1.82) is 0 Å². The average molecular weight is 324 g/mol. The van der Waals surface area contributed by atoms with Crippen molar-refractivity contribution in [3.8, 4) is 0 Å². The summed E-state index contributed by atoms with van der Waals surface area (Å²) in [7, 11) is 1.75. The fourth-order valence-corrected chi connectivity index (χ4v) is 1.83. The van der Waals surface area contributed by atoms with Crippen LogP contribution < -0.4 is 10.6 Å². The summed E-state index contributed by atoms with van der Waals surface area (Å²) < 4.78 is 6.80. The number of aromatic nitrogens is 2. The molecule has 23 heavy (non-hydrogen) atoms. The van der Waals surface area contributed by atoms with Crippen molar-refractivity contribution in [1.82, 2.24) is 20.4 Å². The van der Waals surface area contributed by atoms with E-state index in [-0.39, 0.29) is 18.4 Å². The summed E-state index contributed by atoms with van der Waals surface area (Å²) in [5, 5.41) is 9.70. The second-order valence-corrected chi connectivity index (χ2v) is 7.28. The Balaban J connectivity index is 2.71. The summed E-state index contributed by atoms with van der Waals surface area (Å²) >= 11 is 0. The van der Waals surface area contributed by atoms with Gasteiger partial charge in [0.25, 0.3) is 5.91 Å². The van der Waals surface area contributed by atoms with E-state index in [1.165, 1.54) is 6.20 Å². The lowest BCUT2D eigenvalue weighted by molar-refractivity contribution is 0.0497. The number of amides is 2. The van der Waals surface area contributed by atoms with Crippen LogP contribution in [-0.2, 0) is 11.8 Å². The number of alkyl carbamates (subject to hydrolysis) is 1. The van der Waals surface area contributed by atoms with Crippen molar-refractivity contribution in [2.45, 2.75) is 52.7 Å². The highest BCUT2D eigenvalue weighted by Gasteiger charge is 2.32. The predicted octanol–water partition coefficient (Wildman–Crippen LogP) is 2.09. The summed E-state index contributed by atoms with van der Waals surface area (Å²) in [5.74, 6) is -0.113. The van der Waals surface area contributed by atoms with E-state index in [2.05, 4.69) is 15.7 Å². The number of carbonyl (C=O) groups is 2. The molecule has 0 saturated heterocycles. The van der Waals surface area contributed by atoms with Gasteiger partial charge in [0.2, 0.25) is 0 Å². The molecule has 0 fully saturated rings. The molecule has 0 saturated carbocycles. The van der Waals surface area contributed by atoms with Crippen molar-refractivity contribution in [3.63, 3.8) is 0 Å². The van der Waals surface area contributed by atoms with E-state index in [1.54, 1.807) is 38.7 Å². The number of ether oxygens (including phenoxy) is 1. The Morgan fingerprint density at radius 3 is 2.35 bits per heavy atom. The highest BCUT2D eigenvalue weighted by molar-refractivity contribution is 5.94. The van der Waals surface area contributed by atoms with Gasteiger partial charge in [0.15, 0.2) is 0 Å². The molecule has 7 nitrogen and oxygen atoms in total. The minimum atomic E-state index is -0.607. The second-order valence-electron chi connectivity index (χ2n) is 7.28. The SMILES string of the molecule is CC(C)[C@@](C)(CNC(=O)OC(C)(C)C)NC(=O)c1cnn(C)c1. The van der Waals surface area contributed by atoms with Crippen LogP contribution in [0, 0.1) is 5.92 Å². The van der Waals surface area contributed by atoms with Crippen LogP contribution in [0.2, 0.25) is 0 Å². The third kappa shape index (κ3) is 5.92. The maximum absolute atomic E-state index is 12.3. The summed E-state index contributed by atoms with van der Waals surface area (Å²) in [6.45, 7) is 11.5. The van der Waals surface area contributed by atoms with Gasteiger partial charge in [-0.05, 0) is 33.6 Å². The van der Waals surface area contributed by atoms with Gasteiger partial charge in [-0.3, -0.25) is 9.48 Å². The number of hydrogen-bond acceptors (Lipinski definition) is 4. The number of rotatable bonds is 5. The molecule has 7 heteroatoms. The first kappa shape index (κ1) is 19.0. The van der Waals surface area contributed by atoms with E-state index in [4.69, 9.17) is 4.74 Å². The van der Waals surface area contributed by atoms with Gasteiger partial charge in [0.05, 0.1) is 17.3 Å². The molecule has 0 bridgehead atoms. The lowest BCUT2D eigenvalue weighted by atomic mass is 9.88. The van der Waals surface area contributed by atoms with Gasteiger partial charge in [-0.25, -0.2) is 4.79 Å². The molecule has 0 unspecified atom stereocenters. The molecule has 0 aliphatic heterocycles. The Bertz CT molecular complexity index is 560. The van der Waals surface area contributed by atoms with Crippen LogP contribution in [0.25, 0.3) is 0 Å². The molecular weight excluding hydrogens is 296 g/mol. The van der Waals surface area contributed by atoms with Gasteiger partial charge in [-0.2, -0.15) is 5.10 Å². The van der Waals surface area contributed by atoms with Crippen LogP contribution in [0.4, 0.5) is 4.79 Å². The van der Waals surface area contributed by atoms with Gasteiger partial charge in [0, 0.05) is 19.8 Å². The molecule has 1 aromatic rings. The Labute approximate surface area is 137 Å². The smallest absolute Gasteiger partial charge is 0.407 e. The number of aryl methyl sites for hydroxylation is 1. The van der Waals surface area contributed by atoms with E-state index in [0.29, 0.717) is 5.56 Å². The fraction of sp³-hybridized carbons (Fsp3) is 0.688. The van der Waals surface area contributed by atoms with Crippen LogP contribution in [0.1, 0.15) is 51.9 Å². The zero-order chi connectivity index (χ0) is 17.8. The summed E-state index contributed by atoms with van der Waals surface area (Å²) in [6, 6.07) is 0. The van der Waals surface area contributed by atoms with Gasteiger partial charge >= 0.3 is 6.09 Å². The van der Waals surface area contributed by atoms with E-state index in [1.807, 2.05) is 20.8 Å². The standard InChI is InChI=1S/C16H28N4O3/c1-11(2)16(6,10-17-14(22)23-15(3,4)5)19-13(21)12-8-18-20(7)9-12/h8-9,11H,10H2,1-7H3,(H,17,22)(H,19,21)/t16-/m1/s1. The number of carbonyl (C=O) groups excluding carboxylic acids is 2. The maximum Gasteiger partial charge on any atom is 0.407 e. The predicted molar refractivity (Wildman–Crippen MR) is 88.2 cm³/mol. The first-order chi connectivity index (χ1) is 10.4. The molecule has 0 aromatic carbocycles. The van der Waals surface area contributed by atoms with Crippen LogP contribution in [-0.4, -0.2) is 39.5 Å². The van der Waals surface area contributed by atoms with Crippen LogP contribution >= 0.6 is 0 Å². The molecule has 2 N–H and O–H groups in total. The van der Waals surface area contributed by atoms with E-state index < -0.39 is 17.2 Å². The molecule has 1 aromatic heterocycles. The van der Waals surface area contributed by atoms with Gasteiger partial charge in [-0.15, -0.1) is 0 Å². The molecule has 0 spiro atoms. The lowest BCUT2D eigenvalue weighted by Crippen LogP contribution is -2.57. The van der Waals surface area contributed by atoms with Crippen LogP contribution in [0.15, 0.2) is 12.4 Å². The molecule has 2 amide bonds. The Morgan fingerprint density at radius 2 is 1.91 bits per heavy atom. The van der Waals surface area contributed by atoms with Gasteiger partial charge in [0.1, 0.15) is 5.60 Å². The van der Waals surface area contributed by atoms with Crippen molar-refractivity contribution < 1.29 is 14.3 Å². The lowest BCUT2D eigenvalue weighted by Gasteiger charge is -2.35. The summed E-state index contributed by atoms with van der Waals surface area (Å²) in [6.07, 6.45) is 2.66. The van der Waals surface area contributed by atoms with Gasteiger partial charge < -0.3 is 15.4 Å². The van der Waals surface area contributed by atoms with Crippen molar-refractivity contribution in [2.24, 2.45) is 13.0 Å². The molecule has 130 valence electrons. The molecule has 1 atom stereocenters. The van der Waals surface area contributed by atoms with Gasteiger partial charge in [-0.1, -0.05) is 13.8 Å². The van der Waals surface area contributed by atoms with Crippen molar-refractivity contribution in [3.05, 3.63) is 18.0 Å². The Kier molecular flexibility index (Phi) is 5.80. The monoisotopic (exact) mass is 324 g/mol. The highest BCUT2D eigenvalue weighted by atomic mass is 16.6. The Morgan fingerprint density at radius 1 is 1.30 bits per heavy atom. The van der Waals surface area contributed by atoms with Crippen LogP contribution in [0.3, 0.4) is 0 Å². The normalized spacial score (nSPS) is 14.3. The average Bonchev–Trinajstić information content (AvgIpc) is 2.81. The Hall–Kier alpha value is -2.05. The molecule has 0 aliphatic rings. The number of nitrogens with zero attached hydrogens (tertiary/aromatic N) is 2. The largest absolute Gasteiger partial charge is 0.444 e. The summed E-state index contributed by atoms with van der Waals surface area (Å²) in [4.78, 5) is 24.2. The van der Waals surface area contributed by atoms with E-state index >= 15 is 0 Å². The number of nitrogens with one attached hydrogen (secondary N) is 2. The fourth-order valence-electron chi connectivity index (χ4n) is 1.83. The molecular formula is C16H28N4O3. The van der Waals surface area contributed by atoms with E-state index in [9.17, 15) is 9.59 Å². The van der Waals surface area contributed by atoms with Crippen LogP contribution in [0.5, 0.6) is 0 Å². The van der Waals surface area contributed by atoms with Crippen molar-refractivity contribution >= 4 is 12.0 Å². The third-order valence-corrected chi connectivity index (χ3v) is 3.64. The minimum absolute atomic E-state index is 0.109. The number of hydrogen-bond donors (Lipinski definition) is 2. The zero-order valence-electron chi connectivity index (χ0n) is 15.1. The first-order valence-corrected chi connectivity index (χ1v) is 7.71. The van der Waals surface area contributed by atoms with Crippen molar-refractivity contribution in [2.75, 3.05) is 6.54 Å². The zero-order valence-corrected chi connectivity index (χ0v) is 15.1. The molecule has 0 radical (unpaired) electrons. The topological polar surface area (TPSA) is 85.2 Å². The maximum atomic E-state index is 12.3. The molecule has 1 rings (SSSR count). The third-order valence-electron chi connectivity index (χ3n) is 3.64.